The smallest absolute Gasteiger partial charge is 0.119 e. The van der Waals surface area contributed by atoms with Gasteiger partial charge >= 0.3 is 0 Å². The highest BCUT2D eigenvalue weighted by atomic mass is 16.5. The van der Waals surface area contributed by atoms with E-state index in [2.05, 4.69) is 16.9 Å². The molecule has 0 amide bonds. The monoisotopic (exact) mass is 218 g/mol. The van der Waals surface area contributed by atoms with Gasteiger partial charge in [-0.15, -0.1) is 0 Å². The van der Waals surface area contributed by atoms with Crippen LogP contribution in [0, 0.1) is 0 Å². The Bertz CT molecular complexity index is 370. The lowest BCUT2D eigenvalue weighted by atomic mass is 10.1. The average molecular weight is 218 g/mol. The van der Waals surface area contributed by atoms with E-state index in [9.17, 15) is 0 Å². The molecule has 2 rings (SSSR count). The van der Waals surface area contributed by atoms with Gasteiger partial charge < -0.3 is 9.64 Å². The molecule has 1 saturated heterocycles. The van der Waals surface area contributed by atoms with E-state index in [-0.39, 0.29) is 0 Å². The van der Waals surface area contributed by atoms with E-state index in [0.29, 0.717) is 0 Å². The van der Waals surface area contributed by atoms with Crippen LogP contribution in [0.25, 0.3) is 0 Å². The lowest BCUT2D eigenvalue weighted by molar-refractivity contribution is 0.415. The van der Waals surface area contributed by atoms with Gasteiger partial charge in [0.1, 0.15) is 11.6 Å². The van der Waals surface area contributed by atoms with Crippen molar-refractivity contribution in [1.29, 1.82) is 0 Å². The molecule has 0 spiro atoms. The number of hydrogen-bond donors (Lipinski definition) is 0. The van der Waals surface area contributed by atoms with Gasteiger partial charge in [0.15, 0.2) is 0 Å². The Morgan fingerprint density at radius 1 is 1.19 bits per heavy atom. The van der Waals surface area contributed by atoms with Crippen LogP contribution in [0.15, 0.2) is 29.3 Å². The van der Waals surface area contributed by atoms with Gasteiger partial charge in [0.05, 0.1) is 12.8 Å². The van der Waals surface area contributed by atoms with Crippen LogP contribution in [0.3, 0.4) is 0 Å². The van der Waals surface area contributed by atoms with Crippen molar-refractivity contribution in [3.05, 3.63) is 24.3 Å². The zero-order valence-corrected chi connectivity index (χ0v) is 9.94. The number of nitrogens with zero attached hydrogens (tertiary/aromatic N) is 2. The van der Waals surface area contributed by atoms with Crippen LogP contribution in [-0.2, 0) is 0 Å². The number of hydrogen-bond acceptors (Lipinski definition) is 2. The summed E-state index contributed by atoms with van der Waals surface area (Å²) in [5.41, 5.74) is 1.00. The Hall–Kier alpha value is -1.51. The first-order valence-electron chi connectivity index (χ1n) is 5.72. The van der Waals surface area contributed by atoms with Crippen LogP contribution in [0.2, 0.25) is 0 Å². The first-order chi connectivity index (χ1) is 7.79. The molecule has 1 aliphatic rings. The number of benzene rings is 1. The zero-order chi connectivity index (χ0) is 11.4. The molecule has 0 bridgehead atoms. The molecule has 86 valence electrons. The Balaban J connectivity index is 2.14. The van der Waals surface area contributed by atoms with Crippen LogP contribution < -0.4 is 4.74 Å². The summed E-state index contributed by atoms with van der Waals surface area (Å²) in [6, 6.07) is 7.88. The van der Waals surface area contributed by atoms with Gasteiger partial charge in [-0.25, -0.2) is 4.99 Å². The highest BCUT2D eigenvalue weighted by molar-refractivity contribution is 5.85. The van der Waals surface area contributed by atoms with E-state index in [1.54, 1.807) is 7.11 Å². The van der Waals surface area contributed by atoms with Gasteiger partial charge in [-0.1, -0.05) is 0 Å². The third-order valence-corrected chi connectivity index (χ3v) is 2.92. The molecule has 3 heteroatoms. The standard InChI is InChI=1S/C13H18N2O/c1-15-10-4-3-5-13(15)14-11-6-8-12(16-2)9-7-11/h6-9H,3-5,10H2,1-2H3. The molecule has 0 atom stereocenters. The van der Waals surface area contributed by atoms with Crippen molar-refractivity contribution in [3.8, 4) is 5.75 Å². The molecule has 3 nitrogen and oxygen atoms in total. The number of amidine groups is 1. The molecule has 1 aromatic carbocycles. The molecule has 1 heterocycles. The van der Waals surface area contributed by atoms with Crippen molar-refractivity contribution in [2.75, 3.05) is 20.7 Å². The second-order valence-corrected chi connectivity index (χ2v) is 4.10. The largest absolute Gasteiger partial charge is 0.497 e. The lowest BCUT2D eigenvalue weighted by Crippen LogP contribution is -2.31. The molecule has 16 heavy (non-hydrogen) atoms. The molecule has 0 N–H and O–H groups in total. The fourth-order valence-corrected chi connectivity index (χ4v) is 1.90. The van der Waals surface area contributed by atoms with E-state index >= 15 is 0 Å². The average Bonchev–Trinajstić information content (AvgIpc) is 2.33. The van der Waals surface area contributed by atoms with Crippen molar-refractivity contribution < 1.29 is 4.74 Å². The molecule has 0 aliphatic carbocycles. The number of rotatable bonds is 2. The summed E-state index contributed by atoms with van der Waals surface area (Å²) >= 11 is 0. The Morgan fingerprint density at radius 3 is 2.56 bits per heavy atom. The fourth-order valence-electron chi connectivity index (χ4n) is 1.90. The van der Waals surface area contributed by atoms with Crippen molar-refractivity contribution in [2.24, 2.45) is 4.99 Å². The summed E-state index contributed by atoms with van der Waals surface area (Å²) in [5, 5.41) is 0. The predicted octanol–water partition coefficient (Wildman–Crippen LogP) is 2.84. The van der Waals surface area contributed by atoms with E-state index in [4.69, 9.17) is 4.74 Å². The quantitative estimate of drug-likeness (QED) is 0.762. The van der Waals surface area contributed by atoms with Gasteiger partial charge in [0.2, 0.25) is 0 Å². The first kappa shape index (κ1) is 11.0. The number of aliphatic imine (C=N–C) groups is 1. The Morgan fingerprint density at radius 2 is 1.94 bits per heavy atom. The number of piperidine rings is 1. The minimum atomic E-state index is 0.876. The van der Waals surface area contributed by atoms with Crippen LogP contribution in [0.5, 0.6) is 5.75 Å². The summed E-state index contributed by atoms with van der Waals surface area (Å²) in [6.45, 7) is 1.12. The third kappa shape index (κ3) is 2.54. The summed E-state index contributed by atoms with van der Waals surface area (Å²) in [5.74, 6) is 2.07. The van der Waals surface area contributed by atoms with Gasteiger partial charge in [-0.3, -0.25) is 0 Å². The predicted molar refractivity (Wildman–Crippen MR) is 66.6 cm³/mol. The highest BCUT2D eigenvalue weighted by Crippen LogP contribution is 2.20. The maximum atomic E-state index is 5.12. The van der Waals surface area contributed by atoms with Gasteiger partial charge in [0, 0.05) is 20.0 Å². The van der Waals surface area contributed by atoms with E-state index < -0.39 is 0 Å². The summed E-state index contributed by atoms with van der Waals surface area (Å²) in [6.07, 6.45) is 3.61. The molecular formula is C13H18N2O. The second-order valence-electron chi connectivity index (χ2n) is 4.10. The van der Waals surface area contributed by atoms with Crippen molar-refractivity contribution in [3.63, 3.8) is 0 Å². The summed E-state index contributed by atoms with van der Waals surface area (Å²) in [4.78, 5) is 6.91. The molecule has 0 aromatic heterocycles. The number of likely N-dealkylation sites (tertiary alicyclic amines) is 1. The van der Waals surface area contributed by atoms with Crippen LogP contribution >= 0.6 is 0 Å². The van der Waals surface area contributed by atoms with Crippen LogP contribution in [-0.4, -0.2) is 31.4 Å². The minimum Gasteiger partial charge on any atom is -0.497 e. The SMILES string of the molecule is COc1ccc(N=C2CCCCN2C)cc1. The van der Waals surface area contributed by atoms with Crippen LogP contribution in [0.4, 0.5) is 5.69 Å². The number of ether oxygens (including phenoxy) is 1. The third-order valence-electron chi connectivity index (χ3n) is 2.92. The van der Waals surface area contributed by atoms with Gasteiger partial charge in [0.25, 0.3) is 0 Å². The van der Waals surface area contributed by atoms with Crippen molar-refractivity contribution >= 4 is 11.5 Å². The molecule has 0 radical (unpaired) electrons. The molecule has 1 fully saturated rings. The topological polar surface area (TPSA) is 24.8 Å². The normalized spacial score (nSPS) is 18.9. The van der Waals surface area contributed by atoms with E-state index in [1.807, 2.05) is 24.3 Å². The fraction of sp³-hybridized carbons (Fsp3) is 0.462. The zero-order valence-electron chi connectivity index (χ0n) is 9.94. The van der Waals surface area contributed by atoms with E-state index in [0.717, 1.165) is 24.4 Å². The Labute approximate surface area is 96.7 Å². The molecule has 1 aromatic rings. The molecule has 0 saturated carbocycles. The maximum absolute atomic E-state index is 5.12. The van der Waals surface area contributed by atoms with E-state index in [1.165, 1.54) is 18.7 Å². The van der Waals surface area contributed by atoms with Crippen molar-refractivity contribution in [2.45, 2.75) is 19.3 Å². The Kier molecular flexibility index (Phi) is 3.44. The van der Waals surface area contributed by atoms with Gasteiger partial charge in [-0.05, 0) is 37.1 Å². The second kappa shape index (κ2) is 5.01. The van der Waals surface area contributed by atoms with Crippen LogP contribution in [0.1, 0.15) is 19.3 Å². The summed E-state index contributed by atoms with van der Waals surface area (Å²) in [7, 11) is 3.79. The highest BCUT2D eigenvalue weighted by Gasteiger charge is 2.11. The molecule has 1 aliphatic heterocycles. The lowest BCUT2D eigenvalue weighted by Gasteiger charge is -2.25. The summed E-state index contributed by atoms with van der Waals surface area (Å²) < 4.78 is 5.12. The van der Waals surface area contributed by atoms with Gasteiger partial charge in [-0.2, -0.15) is 0 Å². The molecular weight excluding hydrogens is 200 g/mol. The minimum absolute atomic E-state index is 0.876. The maximum Gasteiger partial charge on any atom is 0.119 e. The molecule has 0 unspecified atom stereocenters. The number of methoxy groups -OCH3 is 1. The first-order valence-corrected chi connectivity index (χ1v) is 5.72. The van der Waals surface area contributed by atoms with Crippen molar-refractivity contribution in [1.82, 2.24) is 4.90 Å².